The van der Waals surface area contributed by atoms with Crippen molar-refractivity contribution in [1.29, 1.82) is 0 Å². The van der Waals surface area contributed by atoms with E-state index in [2.05, 4.69) is 15.5 Å². The number of nitrogens with one attached hydrogen (secondary N) is 1. The molecule has 0 saturated carbocycles. The van der Waals surface area contributed by atoms with E-state index in [9.17, 15) is 4.79 Å². The molecule has 0 spiro atoms. The Hall–Kier alpha value is -3.30. The molecule has 7 nitrogen and oxygen atoms in total. The van der Waals surface area contributed by atoms with E-state index in [1.54, 1.807) is 35.6 Å². The molecule has 30 heavy (non-hydrogen) atoms. The number of carbonyl (C=O) groups excluding carboxylic acids is 1. The summed E-state index contributed by atoms with van der Waals surface area (Å²) in [6.07, 6.45) is 1.44. The second-order valence-electron chi connectivity index (χ2n) is 6.01. The molecule has 0 unspecified atom stereocenters. The Morgan fingerprint density at radius 1 is 1.13 bits per heavy atom. The summed E-state index contributed by atoms with van der Waals surface area (Å²) >= 11 is 3.05. The van der Waals surface area contributed by atoms with Crippen LogP contribution in [0.15, 0.2) is 73.5 Å². The van der Waals surface area contributed by atoms with Crippen molar-refractivity contribution in [3.8, 4) is 11.5 Å². The quantitative estimate of drug-likeness (QED) is 0.328. The Morgan fingerprint density at radius 3 is 2.63 bits per heavy atom. The molecule has 0 bridgehead atoms. The van der Waals surface area contributed by atoms with E-state index in [4.69, 9.17) is 13.9 Å². The van der Waals surface area contributed by atoms with Crippen LogP contribution in [0.5, 0.6) is 11.5 Å². The molecule has 0 radical (unpaired) electrons. The highest BCUT2D eigenvalue weighted by molar-refractivity contribution is 8.01. The number of rotatable bonds is 7. The number of furan rings is 1. The number of aromatic nitrogens is 1. The fraction of sp³-hybridized carbons (Fsp3) is 0.0952. The Bertz CT molecular complexity index is 1160. The summed E-state index contributed by atoms with van der Waals surface area (Å²) in [6, 6.07) is 16.5. The number of carbonyl (C=O) groups is 1. The monoisotopic (exact) mass is 439 g/mol. The second-order valence-corrected chi connectivity index (χ2v) is 8.29. The van der Waals surface area contributed by atoms with Gasteiger partial charge in [-0.2, -0.15) is 5.10 Å². The summed E-state index contributed by atoms with van der Waals surface area (Å²) in [4.78, 5) is 16.9. The van der Waals surface area contributed by atoms with Crippen molar-refractivity contribution in [2.75, 3.05) is 14.2 Å². The maximum Gasteiger partial charge on any atom is 0.271 e. The molecular weight excluding hydrogens is 422 g/mol. The molecule has 9 heteroatoms. The van der Waals surface area contributed by atoms with Gasteiger partial charge in [0.1, 0.15) is 17.3 Å². The van der Waals surface area contributed by atoms with Gasteiger partial charge < -0.3 is 13.9 Å². The molecule has 0 fully saturated rings. The number of ether oxygens (including phenoxy) is 2. The third-order valence-electron chi connectivity index (χ3n) is 4.04. The Balaban J connectivity index is 1.39. The van der Waals surface area contributed by atoms with Gasteiger partial charge >= 0.3 is 0 Å². The zero-order valence-corrected chi connectivity index (χ0v) is 17.8. The largest absolute Gasteiger partial charge is 0.497 e. The van der Waals surface area contributed by atoms with Crippen molar-refractivity contribution in [2.24, 2.45) is 5.10 Å². The number of benzene rings is 2. The highest BCUT2D eigenvalue weighted by Crippen LogP contribution is 2.34. The van der Waals surface area contributed by atoms with Gasteiger partial charge in [0.05, 0.1) is 30.7 Å². The van der Waals surface area contributed by atoms with Gasteiger partial charge in [-0.05, 0) is 48.2 Å². The Kier molecular flexibility index (Phi) is 6.01. The maximum absolute atomic E-state index is 12.3. The standard InChI is InChI=1S/C21H17N3O4S2/c1-26-15-9-13(10-16(11-15)27-2)20(25)24-22-12-14-7-8-19(28-14)30-21-23-17-5-3-4-6-18(17)29-21/h3-12H,1-2H3,(H,24,25)/b22-12-. The van der Waals surface area contributed by atoms with Gasteiger partial charge in [0, 0.05) is 11.6 Å². The third kappa shape index (κ3) is 4.64. The van der Waals surface area contributed by atoms with Gasteiger partial charge in [-0.1, -0.05) is 12.1 Å². The van der Waals surface area contributed by atoms with Crippen LogP contribution < -0.4 is 14.9 Å². The first-order valence-corrected chi connectivity index (χ1v) is 10.5. The predicted octanol–water partition coefficient (Wildman–Crippen LogP) is 4.82. The first-order valence-electron chi connectivity index (χ1n) is 8.84. The number of thiazole rings is 1. The molecule has 4 aromatic rings. The van der Waals surface area contributed by atoms with Crippen LogP contribution in [0, 0.1) is 0 Å². The molecule has 0 saturated heterocycles. The van der Waals surface area contributed by atoms with Crippen LogP contribution in [-0.4, -0.2) is 31.3 Å². The Morgan fingerprint density at radius 2 is 1.90 bits per heavy atom. The molecular formula is C21H17N3O4S2. The summed E-state index contributed by atoms with van der Waals surface area (Å²) in [5.74, 6) is 1.17. The molecule has 2 aromatic heterocycles. The van der Waals surface area contributed by atoms with Crippen molar-refractivity contribution >= 4 is 45.4 Å². The molecule has 4 rings (SSSR count). The number of para-hydroxylation sites is 1. The topological polar surface area (TPSA) is 86.0 Å². The van der Waals surface area contributed by atoms with Crippen LogP contribution in [0.4, 0.5) is 0 Å². The van der Waals surface area contributed by atoms with Crippen molar-refractivity contribution in [3.05, 3.63) is 65.9 Å². The Labute approximate surface area is 180 Å². The van der Waals surface area contributed by atoms with Gasteiger partial charge in [-0.3, -0.25) is 4.79 Å². The van der Waals surface area contributed by atoms with E-state index < -0.39 is 0 Å². The smallest absolute Gasteiger partial charge is 0.271 e. The summed E-state index contributed by atoms with van der Waals surface area (Å²) < 4.78 is 18.1. The molecule has 152 valence electrons. The number of hydrogen-bond donors (Lipinski definition) is 1. The normalized spacial score (nSPS) is 11.1. The van der Waals surface area contributed by atoms with Gasteiger partial charge in [-0.25, -0.2) is 10.4 Å². The minimum absolute atomic E-state index is 0.370. The lowest BCUT2D eigenvalue weighted by atomic mass is 10.2. The SMILES string of the molecule is COc1cc(OC)cc(C(=O)N/N=C\c2ccc(Sc3nc4ccccc4s3)o2)c1. The summed E-state index contributed by atoms with van der Waals surface area (Å²) in [5, 5.41) is 4.66. The molecule has 0 aliphatic heterocycles. The van der Waals surface area contributed by atoms with E-state index in [1.807, 2.05) is 30.3 Å². The molecule has 2 heterocycles. The fourth-order valence-electron chi connectivity index (χ4n) is 2.60. The first-order chi connectivity index (χ1) is 14.6. The van der Waals surface area contributed by atoms with Gasteiger partial charge in [0.25, 0.3) is 5.91 Å². The number of nitrogens with zero attached hydrogens (tertiary/aromatic N) is 2. The van der Waals surface area contributed by atoms with Crippen LogP contribution in [-0.2, 0) is 0 Å². The molecule has 0 atom stereocenters. The van der Waals surface area contributed by atoms with Crippen LogP contribution in [0.25, 0.3) is 10.2 Å². The first kappa shape index (κ1) is 20.0. The van der Waals surface area contributed by atoms with Gasteiger partial charge in [0.2, 0.25) is 0 Å². The van der Waals surface area contributed by atoms with Crippen molar-refractivity contribution in [1.82, 2.24) is 10.4 Å². The summed E-state index contributed by atoms with van der Waals surface area (Å²) in [6.45, 7) is 0. The number of hydrazone groups is 1. The van der Waals surface area contributed by atoms with E-state index in [0.29, 0.717) is 27.9 Å². The lowest BCUT2D eigenvalue weighted by Gasteiger charge is -2.07. The van der Waals surface area contributed by atoms with Gasteiger partial charge in [-0.15, -0.1) is 11.3 Å². The predicted molar refractivity (Wildman–Crippen MR) is 117 cm³/mol. The fourth-order valence-corrected chi connectivity index (χ4v) is 4.57. The average Bonchev–Trinajstić information content (AvgIpc) is 3.39. The van der Waals surface area contributed by atoms with Crippen molar-refractivity contribution < 1.29 is 18.7 Å². The lowest BCUT2D eigenvalue weighted by molar-refractivity contribution is 0.0954. The average molecular weight is 440 g/mol. The molecule has 1 amide bonds. The van der Waals surface area contributed by atoms with Crippen LogP contribution in [0.3, 0.4) is 0 Å². The maximum atomic E-state index is 12.3. The number of methoxy groups -OCH3 is 2. The third-order valence-corrected chi connectivity index (χ3v) is 6.05. The van der Waals surface area contributed by atoms with Crippen LogP contribution in [0.2, 0.25) is 0 Å². The van der Waals surface area contributed by atoms with E-state index in [0.717, 1.165) is 14.6 Å². The molecule has 1 N–H and O–H groups in total. The van der Waals surface area contributed by atoms with Crippen molar-refractivity contribution in [3.63, 3.8) is 0 Å². The second kappa shape index (κ2) is 9.02. The van der Waals surface area contributed by atoms with E-state index >= 15 is 0 Å². The van der Waals surface area contributed by atoms with Crippen LogP contribution >= 0.6 is 23.1 Å². The molecule has 0 aliphatic rings. The number of amides is 1. The summed E-state index contributed by atoms with van der Waals surface area (Å²) in [7, 11) is 3.05. The van der Waals surface area contributed by atoms with Gasteiger partial charge in [0.15, 0.2) is 9.43 Å². The zero-order chi connectivity index (χ0) is 20.9. The zero-order valence-electron chi connectivity index (χ0n) is 16.1. The van der Waals surface area contributed by atoms with E-state index in [1.165, 1.54) is 32.2 Å². The number of hydrogen-bond acceptors (Lipinski definition) is 8. The molecule has 0 aliphatic carbocycles. The minimum Gasteiger partial charge on any atom is -0.497 e. The minimum atomic E-state index is -0.390. The lowest BCUT2D eigenvalue weighted by Crippen LogP contribution is -2.17. The highest BCUT2D eigenvalue weighted by atomic mass is 32.2. The van der Waals surface area contributed by atoms with E-state index in [-0.39, 0.29) is 5.91 Å². The van der Waals surface area contributed by atoms with Crippen molar-refractivity contribution in [2.45, 2.75) is 9.43 Å². The summed E-state index contributed by atoms with van der Waals surface area (Å²) in [5.41, 5.74) is 3.81. The molecule has 2 aromatic carbocycles. The number of fused-ring (bicyclic) bond motifs is 1. The van der Waals surface area contributed by atoms with Crippen LogP contribution in [0.1, 0.15) is 16.1 Å². The highest BCUT2D eigenvalue weighted by Gasteiger charge is 2.10.